The van der Waals surface area contributed by atoms with Gasteiger partial charge in [-0.15, -0.1) is 0 Å². The lowest BCUT2D eigenvalue weighted by atomic mass is 9.49. The smallest absolute Gasteiger partial charge is 0.246 e. The number of para-hydroxylation sites is 2. The highest BCUT2D eigenvalue weighted by Crippen LogP contribution is 2.72. The molecule has 4 heteroatoms. The van der Waals surface area contributed by atoms with Crippen LogP contribution >= 0.6 is 0 Å². The number of carbonyl (C=O) groups is 1. The molecule has 2 aliphatic heterocycles. The van der Waals surface area contributed by atoms with E-state index in [1.165, 1.54) is 11.1 Å². The first-order valence-electron chi connectivity index (χ1n) is 14.4. The number of ether oxygens (including phenoxy) is 1. The van der Waals surface area contributed by atoms with Crippen LogP contribution in [-0.4, -0.2) is 19.0 Å². The topological polar surface area (TPSA) is 32.8 Å². The van der Waals surface area contributed by atoms with Crippen LogP contribution in [0.3, 0.4) is 0 Å². The summed E-state index contributed by atoms with van der Waals surface area (Å²) in [5.74, 6) is 1.53. The van der Waals surface area contributed by atoms with Gasteiger partial charge in [0.25, 0.3) is 0 Å². The Morgan fingerprint density at radius 2 is 1.07 bits per heavy atom. The molecule has 41 heavy (non-hydrogen) atoms. The van der Waals surface area contributed by atoms with Crippen molar-refractivity contribution in [3.8, 4) is 22.6 Å². The van der Waals surface area contributed by atoms with Gasteiger partial charge in [-0.05, 0) is 72.5 Å². The van der Waals surface area contributed by atoms with Crippen LogP contribution in [0.1, 0.15) is 36.1 Å². The summed E-state index contributed by atoms with van der Waals surface area (Å²) in [5.41, 5.74) is 6.68. The zero-order valence-corrected chi connectivity index (χ0v) is 23.2. The number of hydrogen-bond donors (Lipinski definition) is 0. The standard InChI is InChI=1S/C37H30N2O2/c1-3-38(4-2)25-21-23-26(24-22-25)39-35(40)36(31-17-9-11-19-33(31)41-34-20-12-10-18-32(34)36)37(39)29-15-7-5-13-27(29)28-14-6-8-16-30(28)37/h5-24H,3-4H2,1-2H3. The highest BCUT2D eigenvalue weighted by atomic mass is 16.5. The zero-order valence-electron chi connectivity index (χ0n) is 23.2. The Balaban J connectivity index is 1.48. The molecule has 1 saturated heterocycles. The molecule has 0 bridgehead atoms. The van der Waals surface area contributed by atoms with Gasteiger partial charge in [0.05, 0.1) is 0 Å². The number of rotatable bonds is 4. The van der Waals surface area contributed by atoms with Crippen LogP contribution in [0.15, 0.2) is 121 Å². The largest absolute Gasteiger partial charge is 0.457 e. The van der Waals surface area contributed by atoms with Gasteiger partial charge in [0.2, 0.25) is 5.91 Å². The number of fused-ring (bicyclic) bond motifs is 10. The lowest BCUT2D eigenvalue weighted by Gasteiger charge is -2.65. The maximum absolute atomic E-state index is 15.2. The monoisotopic (exact) mass is 534 g/mol. The van der Waals surface area contributed by atoms with Crippen molar-refractivity contribution < 1.29 is 9.53 Å². The van der Waals surface area contributed by atoms with E-state index in [1.54, 1.807) is 0 Å². The molecule has 0 radical (unpaired) electrons. The van der Waals surface area contributed by atoms with Crippen LogP contribution in [-0.2, 0) is 15.7 Å². The molecule has 1 aliphatic carbocycles. The summed E-state index contributed by atoms with van der Waals surface area (Å²) in [4.78, 5) is 19.6. The van der Waals surface area contributed by atoms with Crippen molar-refractivity contribution in [1.29, 1.82) is 0 Å². The fourth-order valence-electron chi connectivity index (χ4n) is 7.77. The number of nitrogens with zero attached hydrogens (tertiary/aromatic N) is 2. The minimum atomic E-state index is -1.00. The second kappa shape index (κ2) is 8.58. The third-order valence-electron chi connectivity index (χ3n) is 9.36. The Labute approximate surface area is 240 Å². The zero-order chi connectivity index (χ0) is 27.8. The van der Waals surface area contributed by atoms with Crippen LogP contribution in [0.5, 0.6) is 11.5 Å². The number of anilines is 2. The molecular weight excluding hydrogens is 504 g/mol. The Morgan fingerprint density at radius 1 is 0.610 bits per heavy atom. The minimum Gasteiger partial charge on any atom is -0.457 e. The van der Waals surface area contributed by atoms with E-state index in [0.29, 0.717) is 0 Å². The van der Waals surface area contributed by atoms with Gasteiger partial charge in [0.1, 0.15) is 22.5 Å². The molecule has 2 heterocycles. The quantitative estimate of drug-likeness (QED) is 0.220. The molecule has 1 fully saturated rings. The first kappa shape index (κ1) is 24.0. The van der Waals surface area contributed by atoms with Crippen molar-refractivity contribution in [2.75, 3.05) is 22.9 Å². The lowest BCUT2D eigenvalue weighted by molar-refractivity contribution is -0.135. The molecule has 0 unspecified atom stereocenters. The van der Waals surface area contributed by atoms with E-state index in [-0.39, 0.29) is 5.91 Å². The van der Waals surface area contributed by atoms with Gasteiger partial charge in [0.15, 0.2) is 0 Å². The van der Waals surface area contributed by atoms with Crippen molar-refractivity contribution in [2.24, 2.45) is 0 Å². The first-order valence-corrected chi connectivity index (χ1v) is 14.4. The SMILES string of the molecule is CCN(CC)c1ccc(N2C(=O)C3(c4ccccc4Oc4ccccc43)C23c2ccccc2-c2ccccc23)cc1. The van der Waals surface area contributed by atoms with Crippen molar-refractivity contribution in [3.63, 3.8) is 0 Å². The predicted octanol–water partition coefficient (Wildman–Crippen LogP) is 7.90. The highest BCUT2D eigenvalue weighted by molar-refractivity contribution is 6.19. The number of amides is 1. The van der Waals surface area contributed by atoms with Gasteiger partial charge in [-0.3, -0.25) is 9.69 Å². The van der Waals surface area contributed by atoms with Gasteiger partial charge in [-0.25, -0.2) is 0 Å². The number of hydrogen-bond acceptors (Lipinski definition) is 3. The van der Waals surface area contributed by atoms with Crippen molar-refractivity contribution in [1.82, 2.24) is 0 Å². The van der Waals surface area contributed by atoms with E-state index in [1.807, 2.05) is 36.4 Å². The molecule has 2 spiro atoms. The van der Waals surface area contributed by atoms with Crippen LogP contribution < -0.4 is 14.5 Å². The maximum Gasteiger partial charge on any atom is 0.246 e. The number of carbonyl (C=O) groups excluding carboxylic acids is 1. The van der Waals surface area contributed by atoms with Gasteiger partial charge in [-0.2, -0.15) is 0 Å². The van der Waals surface area contributed by atoms with Gasteiger partial charge in [0, 0.05) is 35.6 Å². The van der Waals surface area contributed by atoms with E-state index in [0.717, 1.165) is 58.2 Å². The van der Waals surface area contributed by atoms with E-state index >= 15 is 4.79 Å². The molecule has 3 aliphatic rings. The molecule has 1 amide bonds. The molecule has 0 N–H and O–H groups in total. The molecule has 0 aromatic heterocycles. The van der Waals surface area contributed by atoms with Crippen LogP contribution in [0, 0.1) is 0 Å². The summed E-state index contributed by atoms with van der Waals surface area (Å²) in [6.45, 7) is 6.20. The summed E-state index contributed by atoms with van der Waals surface area (Å²) in [6, 6.07) is 41.8. The van der Waals surface area contributed by atoms with Crippen LogP contribution in [0.2, 0.25) is 0 Å². The fourth-order valence-corrected chi connectivity index (χ4v) is 7.77. The average Bonchev–Trinajstić information content (AvgIpc) is 3.33. The molecule has 8 rings (SSSR count). The van der Waals surface area contributed by atoms with Crippen molar-refractivity contribution >= 4 is 17.3 Å². The highest BCUT2D eigenvalue weighted by Gasteiger charge is 2.78. The molecule has 200 valence electrons. The van der Waals surface area contributed by atoms with E-state index in [9.17, 15) is 0 Å². The minimum absolute atomic E-state index is 0.0581. The van der Waals surface area contributed by atoms with Crippen molar-refractivity contribution in [2.45, 2.75) is 24.8 Å². The average molecular weight is 535 g/mol. The molecular formula is C37H30N2O2. The first-order chi connectivity index (χ1) is 20.2. The van der Waals surface area contributed by atoms with Crippen molar-refractivity contribution in [3.05, 3.63) is 144 Å². The summed E-state index contributed by atoms with van der Waals surface area (Å²) in [6.07, 6.45) is 0. The second-order valence-electron chi connectivity index (χ2n) is 11.0. The van der Waals surface area contributed by atoms with E-state index in [4.69, 9.17) is 4.74 Å². The molecule has 0 atom stereocenters. The Morgan fingerprint density at radius 3 is 1.59 bits per heavy atom. The maximum atomic E-state index is 15.2. The van der Waals surface area contributed by atoms with E-state index in [2.05, 4.69) is 109 Å². The predicted molar refractivity (Wildman–Crippen MR) is 164 cm³/mol. The Kier molecular flexibility index (Phi) is 5.03. The van der Waals surface area contributed by atoms with E-state index < -0.39 is 11.0 Å². The Hall–Kier alpha value is -4.83. The molecule has 5 aromatic rings. The fraction of sp³-hybridized carbons (Fsp3) is 0.162. The Bertz CT molecular complexity index is 1750. The van der Waals surface area contributed by atoms with Gasteiger partial charge < -0.3 is 9.64 Å². The summed E-state index contributed by atoms with van der Waals surface area (Å²) in [5, 5.41) is 0. The van der Waals surface area contributed by atoms with Crippen LogP contribution in [0.4, 0.5) is 11.4 Å². The summed E-state index contributed by atoms with van der Waals surface area (Å²) >= 11 is 0. The normalized spacial score (nSPS) is 16.3. The van der Waals surface area contributed by atoms with Gasteiger partial charge in [-0.1, -0.05) is 84.9 Å². The summed E-state index contributed by atoms with van der Waals surface area (Å²) in [7, 11) is 0. The molecule has 5 aromatic carbocycles. The lowest BCUT2D eigenvalue weighted by Crippen LogP contribution is -2.79. The van der Waals surface area contributed by atoms with Crippen LogP contribution in [0.25, 0.3) is 11.1 Å². The third-order valence-corrected chi connectivity index (χ3v) is 9.36. The summed E-state index contributed by atoms with van der Waals surface area (Å²) < 4.78 is 6.47. The van der Waals surface area contributed by atoms with Gasteiger partial charge >= 0.3 is 0 Å². The number of benzene rings is 5. The third kappa shape index (κ3) is 2.77. The molecule has 0 saturated carbocycles. The number of β-lactam (4-membered cyclic amide) rings is 1. The second-order valence-corrected chi connectivity index (χ2v) is 11.0. The molecule has 4 nitrogen and oxygen atoms in total.